The maximum Gasteiger partial charge on any atom is 0.573 e. The van der Waals surface area contributed by atoms with Gasteiger partial charge >= 0.3 is 6.36 Å². The average molecular weight is 416 g/mol. The first-order valence-corrected chi connectivity index (χ1v) is 9.63. The van der Waals surface area contributed by atoms with E-state index >= 15 is 0 Å². The zero-order valence-electron chi connectivity index (χ0n) is 14.9. The molecule has 152 valence electrons. The van der Waals surface area contributed by atoms with Gasteiger partial charge in [-0.25, -0.2) is 0 Å². The summed E-state index contributed by atoms with van der Waals surface area (Å²) in [6, 6.07) is 7.45. The first-order valence-electron chi connectivity index (χ1n) is 8.24. The molecule has 28 heavy (non-hydrogen) atoms. The Morgan fingerprint density at radius 3 is 2.50 bits per heavy atom. The molecule has 0 aliphatic carbocycles. The van der Waals surface area contributed by atoms with Crippen molar-refractivity contribution in [2.45, 2.75) is 25.4 Å². The molecule has 0 unspecified atom stereocenters. The van der Waals surface area contributed by atoms with Gasteiger partial charge in [0.25, 0.3) is 5.91 Å². The Labute approximate surface area is 163 Å². The number of hydrogen-bond acceptors (Lipinski definition) is 5. The van der Waals surface area contributed by atoms with Gasteiger partial charge in [0.05, 0.1) is 6.26 Å². The van der Waals surface area contributed by atoms with Crippen LogP contribution in [0.3, 0.4) is 0 Å². The van der Waals surface area contributed by atoms with Crippen molar-refractivity contribution in [3.63, 3.8) is 0 Å². The second kappa shape index (κ2) is 10.1. The van der Waals surface area contributed by atoms with Gasteiger partial charge in [-0.15, -0.1) is 13.2 Å². The predicted molar refractivity (Wildman–Crippen MR) is 97.9 cm³/mol. The van der Waals surface area contributed by atoms with E-state index in [4.69, 9.17) is 4.42 Å². The SMILES string of the molecule is CSCC[C@H](NC(=O)c1ccco1)C(=O)NCc1ccc(OC(F)(F)F)cc1. The highest BCUT2D eigenvalue weighted by Crippen LogP contribution is 2.22. The van der Waals surface area contributed by atoms with Crippen LogP contribution in [0.25, 0.3) is 0 Å². The lowest BCUT2D eigenvalue weighted by Crippen LogP contribution is -2.46. The van der Waals surface area contributed by atoms with E-state index < -0.39 is 24.2 Å². The van der Waals surface area contributed by atoms with E-state index in [1.54, 1.807) is 6.07 Å². The molecule has 0 saturated carbocycles. The van der Waals surface area contributed by atoms with Crippen LogP contribution in [-0.2, 0) is 11.3 Å². The van der Waals surface area contributed by atoms with E-state index in [0.29, 0.717) is 17.7 Å². The van der Waals surface area contributed by atoms with Gasteiger partial charge in [0.1, 0.15) is 11.8 Å². The molecule has 1 aromatic heterocycles. The molecule has 0 aliphatic heterocycles. The minimum absolute atomic E-state index is 0.0948. The molecule has 10 heteroatoms. The first-order chi connectivity index (χ1) is 13.3. The highest BCUT2D eigenvalue weighted by molar-refractivity contribution is 7.98. The number of amides is 2. The number of furan rings is 1. The number of hydrogen-bond donors (Lipinski definition) is 2. The molecule has 0 spiro atoms. The molecule has 0 bridgehead atoms. The second-order valence-electron chi connectivity index (χ2n) is 5.69. The molecule has 2 N–H and O–H groups in total. The molecule has 2 rings (SSSR count). The molecule has 1 heterocycles. The van der Waals surface area contributed by atoms with E-state index in [0.717, 1.165) is 0 Å². The minimum Gasteiger partial charge on any atom is -0.459 e. The summed E-state index contributed by atoms with van der Waals surface area (Å²) < 4.78 is 45.3. The van der Waals surface area contributed by atoms with Crippen LogP contribution in [0, 0.1) is 0 Å². The standard InChI is InChI=1S/C18H19F3N2O4S/c1-28-10-8-14(23-17(25)15-3-2-9-26-15)16(24)22-11-12-4-6-13(7-5-12)27-18(19,20)21/h2-7,9,14H,8,10-11H2,1H3,(H,22,24)(H,23,25)/t14-/m0/s1. The number of carbonyl (C=O) groups is 2. The summed E-state index contributed by atoms with van der Waals surface area (Å²) in [6.45, 7) is 0.0948. The molecule has 1 atom stereocenters. The van der Waals surface area contributed by atoms with Gasteiger partial charge in [-0.3, -0.25) is 9.59 Å². The lowest BCUT2D eigenvalue weighted by atomic mass is 10.1. The Balaban J connectivity index is 1.92. The fourth-order valence-corrected chi connectivity index (χ4v) is 2.73. The maximum absolute atomic E-state index is 12.4. The Hall–Kier alpha value is -2.62. The van der Waals surface area contributed by atoms with Crippen molar-refractivity contribution in [3.8, 4) is 5.75 Å². The lowest BCUT2D eigenvalue weighted by Gasteiger charge is -2.17. The van der Waals surface area contributed by atoms with Crippen LogP contribution >= 0.6 is 11.8 Å². The highest BCUT2D eigenvalue weighted by atomic mass is 32.2. The van der Waals surface area contributed by atoms with Crippen molar-refractivity contribution in [1.82, 2.24) is 10.6 Å². The van der Waals surface area contributed by atoms with E-state index in [2.05, 4.69) is 15.4 Å². The summed E-state index contributed by atoms with van der Waals surface area (Å²) >= 11 is 1.53. The summed E-state index contributed by atoms with van der Waals surface area (Å²) in [7, 11) is 0. The Kier molecular flexibility index (Phi) is 7.80. The molecule has 2 aromatic rings. The molecule has 6 nitrogen and oxygen atoms in total. The molecule has 0 saturated heterocycles. The van der Waals surface area contributed by atoms with Crippen molar-refractivity contribution in [3.05, 3.63) is 54.0 Å². The fraction of sp³-hybridized carbons (Fsp3) is 0.333. The first kappa shape index (κ1) is 21.7. The normalized spacial score (nSPS) is 12.3. The second-order valence-corrected chi connectivity index (χ2v) is 6.68. The van der Waals surface area contributed by atoms with Crippen LogP contribution in [0.2, 0.25) is 0 Å². The molecule has 1 aromatic carbocycles. The summed E-state index contributed by atoms with van der Waals surface area (Å²) in [5.41, 5.74) is 0.587. The van der Waals surface area contributed by atoms with E-state index in [1.807, 2.05) is 6.26 Å². The van der Waals surface area contributed by atoms with Gasteiger partial charge in [0, 0.05) is 6.54 Å². The molecule has 0 aliphatic rings. The van der Waals surface area contributed by atoms with Gasteiger partial charge in [-0.2, -0.15) is 11.8 Å². The van der Waals surface area contributed by atoms with E-state index in [9.17, 15) is 22.8 Å². The Morgan fingerprint density at radius 1 is 1.21 bits per heavy atom. The maximum atomic E-state index is 12.4. The summed E-state index contributed by atoms with van der Waals surface area (Å²) in [4.78, 5) is 24.6. The lowest BCUT2D eigenvalue weighted by molar-refractivity contribution is -0.274. The van der Waals surface area contributed by atoms with Gasteiger partial charge in [0.2, 0.25) is 5.91 Å². The monoisotopic (exact) mass is 416 g/mol. The zero-order valence-corrected chi connectivity index (χ0v) is 15.7. The van der Waals surface area contributed by atoms with Crippen LogP contribution < -0.4 is 15.4 Å². The third-order valence-electron chi connectivity index (χ3n) is 3.60. The third kappa shape index (κ3) is 7.18. The van der Waals surface area contributed by atoms with Crippen molar-refractivity contribution < 1.29 is 31.9 Å². The predicted octanol–water partition coefficient (Wildman–Crippen LogP) is 3.35. The highest BCUT2D eigenvalue weighted by Gasteiger charge is 2.31. The number of ether oxygens (including phenoxy) is 1. The summed E-state index contributed by atoms with van der Waals surface area (Å²) in [5, 5.41) is 5.29. The number of thioether (sulfide) groups is 1. The van der Waals surface area contributed by atoms with Gasteiger partial charge < -0.3 is 19.8 Å². The van der Waals surface area contributed by atoms with Gasteiger partial charge in [-0.1, -0.05) is 12.1 Å². The Bertz CT molecular complexity index is 764. The van der Waals surface area contributed by atoms with Crippen LogP contribution in [0.15, 0.2) is 47.1 Å². The number of benzene rings is 1. The van der Waals surface area contributed by atoms with Crippen LogP contribution in [-0.4, -0.2) is 36.2 Å². The topological polar surface area (TPSA) is 80.6 Å². The van der Waals surface area contributed by atoms with Crippen molar-refractivity contribution in [2.24, 2.45) is 0 Å². The summed E-state index contributed by atoms with van der Waals surface area (Å²) in [6.07, 6.45) is -1.10. The van der Waals surface area contributed by atoms with Crippen molar-refractivity contribution in [1.29, 1.82) is 0 Å². The number of rotatable bonds is 9. The third-order valence-corrected chi connectivity index (χ3v) is 4.25. The largest absolute Gasteiger partial charge is 0.573 e. The van der Waals surface area contributed by atoms with Crippen molar-refractivity contribution in [2.75, 3.05) is 12.0 Å². The molecular formula is C18H19F3N2O4S. The molecule has 0 fully saturated rings. The summed E-state index contributed by atoms with van der Waals surface area (Å²) in [5.74, 6) is -0.488. The number of nitrogens with one attached hydrogen (secondary N) is 2. The molecule has 2 amide bonds. The number of alkyl halides is 3. The van der Waals surface area contributed by atoms with Gasteiger partial charge in [0.15, 0.2) is 5.76 Å². The van der Waals surface area contributed by atoms with Crippen molar-refractivity contribution >= 4 is 23.6 Å². The number of carbonyl (C=O) groups excluding carboxylic acids is 2. The Morgan fingerprint density at radius 2 is 1.93 bits per heavy atom. The number of halogens is 3. The molecular weight excluding hydrogens is 397 g/mol. The smallest absolute Gasteiger partial charge is 0.459 e. The molecule has 0 radical (unpaired) electrons. The zero-order chi connectivity index (χ0) is 20.6. The van der Waals surface area contributed by atoms with Crippen LogP contribution in [0.1, 0.15) is 22.5 Å². The average Bonchev–Trinajstić information content (AvgIpc) is 3.17. The van der Waals surface area contributed by atoms with E-state index in [1.165, 1.54) is 48.4 Å². The van der Waals surface area contributed by atoms with Crippen LogP contribution in [0.4, 0.5) is 13.2 Å². The van der Waals surface area contributed by atoms with Gasteiger partial charge in [-0.05, 0) is 48.3 Å². The fourth-order valence-electron chi connectivity index (χ4n) is 2.26. The minimum atomic E-state index is -4.76. The van der Waals surface area contributed by atoms with E-state index in [-0.39, 0.29) is 18.1 Å². The quantitative estimate of drug-likeness (QED) is 0.655. The van der Waals surface area contributed by atoms with Crippen LogP contribution in [0.5, 0.6) is 5.75 Å².